The first-order chi connectivity index (χ1) is 8.89. The lowest BCUT2D eigenvalue weighted by Gasteiger charge is -2.38. The van der Waals surface area contributed by atoms with Crippen LogP contribution in [0.4, 0.5) is 0 Å². The first-order valence-electron chi connectivity index (χ1n) is 8.40. The molecule has 1 atom stereocenters. The van der Waals surface area contributed by atoms with Gasteiger partial charge in [-0.05, 0) is 56.5 Å². The summed E-state index contributed by atoms with van der Waals surface area (Å²) >= 11 is 0. The van der Waals surface area contributed by atoms with E-state index in [2.05, 4.69) is 25.7 Å². The molecule has 1 saturated heterocycles. The van der Waals surface area contributed by atoms with Crippen LogP contribution in [-0.2, 0) is 0 Å². The minimum Gasteiger partial charge on any atom is -0.324 e. The summed E-state index contributed by atoms with van der Waals surface area (Å²) in [7, 11) is 0. The lowest BCUT2D eigenvalue weighted by atomic mass is 9.77. The molecule has 2 N–H and O–H groups in total. The summed E-state index contributed by atoms with van der Waals surface area (Å²) in [5.41, 5.74) is 7.22. The van der Waals surface area contributed by atoms with Crippen molar-refractivity contribution in [3.8, 4) is 0 Å². The van der Waals surface area contributed by atoms with E-state index in [1.54, 1.807) is 0 Å². The van der Waals surface area contributed by atoms with E-state index < -0.39 is 0 Å². The van der Waals surface area contributed by atoms with Gasteiger partial charge in [-0.25, -0.2) is 0 Å². The van der Waals surface area contributed by atoms with Gasteiger partial charge in [0.15, 0.2) is 0 Å². The molecule has 2 nitrogen and oxygen atoms in total. The van der Waals surface area contributed by atoms with Gasteiger partial charge in [-0.3, -0.25) is 0 Å². The molecule has 2 fully saturated rings. The summed E-state index contributed by atoms with van der Waals surface area (Å²) < 4.78 is 0. The van der Waals surface area contributed by atoms with E-state index in [-0.39, 0.29) is 5.54 Å². The molecule has 0 amide bonds. The second-order valence-electron chi connectivity index (χ2n) is 8.19. The second-order valence-corrected chi connectivity index (χ2v) is 8.19. The maximum atomic E-state index is 6.62. The van der Waals surface area contributed by atoms with E-state index in [9.17, 15) is 0 Å². The Labute approximate surface area is 120 Å². The number of hydrogen-bond acceptors (Lipinski definition) is 2. The third-order valence-corrected chi connectivity index (χ3v) is 5.43. The molecule has 1 unspecified atom stereocenters. The van der Waals surface area contributed by atoms with Gasteiger partial charge in [0.1, 0.15) is 0 Å². The van der Waals surface area contributed by atoms with Crippen LogP contribution in [0.1, 0.15) is 72.1 Å². The third kappa shape index (κ3) is 4.46. The van der Waals surface area contributed by atoms with Crippen LogP contribution in [0, 0.1) is 11.3 Å². The van der Waals surface area contributed by atoms with Crippen molar-refractivity contribution in [2.45, 2.75) is 77.7 Å². The van der Waals surface area contributed by atoms with Gasteiger partial charge in [-0.2, -0.15) is 0 Å². The minimum atomic E-state index is 0.125. The van der Waals surface area contributed by atoms with Crippen molar-refractivity contribution in [2.75, 3.05) is 19.6 Å². The highest BCUT2D eigenvalue weighted by molar-refractivity contribution is 4.91. The van der Waals surface area contributed by atoms with Gasteiger partial charge >= 0.3 is 0 Å². The Bertz CT molecular complexity index is 273. The molecule has 0 radical (unpaired) electrons. The van der Waals surface area contributed by atoms with Gasteiger partial charge < -0.3 is 10.6 Å². The number of rotatable bonds is 2. The molecule has 2 rings (SSSR count). The van der Waals surface area contributed by atoms with E-state index in [4.69, 9.17) is 5.73 Å². The lowest BCUT2D eigenvalue weighted by Crippen LogP contribution is -2.51. The Morgan fingerprint density at radius 2 is 1.68 bits per heavy atom. The second kappa shape index (κ2) is 6.13. The molecule has 2 aliphatic rings. The quantitative estimate of drug-likeness (QED) is 0.824. The standard InChI is InChI=1S/C17H34N2/c1-16(2,3)15-8-7-12-19(13-9-15)14-17(18)10-5-4-6-11-17/h15H,4-14,18H2,1-3H3. The predicted octanol–water partition coefficient (Wildman–Crippen LogP) is 3.80. The molecule has 1 saturated carbocycles. The van der Waals surface area contributed by atoms with Crippen molar-refractivity contribution >= 4 is 0 Å². The molecule has 1 heterocycles. The van der Waals surface area contributed by atoms with Gasteiger partial charge in [0.05, 0.1) is 0 Å². The Morgan fingerprint density at radius 3 is 2.32 bits per heavy atom. The fourth-order valence-corrected chi connectivity index (χ4v) is 4.04. The van der Waals surface area contributed by atoms with E-state index in [1.807, 2.05) is 0 Å². The molecule has 0 aromatic rings. The van der Waals surface area contributed by atoms with Crippen LogP contribution in [0.15, 0.2) is 0 Å². The zero-order valence-electron chi connectivity index (χ0n) is 13.4. The summed E-state index contributed by atoms with van der Waals surface area (Å²) in [4.78, 5) is 2.66. The zero-order valence-corrected chi connectivity index (χ0v) is 13.4. The topological polar surface area (TPSA) is 29.3 Å². The minimum absolute atomic E-state index is 0.125. The average Bonchev–Trinajstić information content (AvgIpc) is 2.54. The molecular formula is C17H34N2. The lowest BCUT2D eigenvalue weighted by molar-refractivity contribution is 0.166. The Balaban J connectivity index is 1.85. The van der Waals surface area contributed by atoms with Gasteiger partial charge in [0.25, 0.3) is 0 Å². The van der Waals surface area contributed by atoms with Crippen LogP contribution in [0.25, 0.3) is 0 Å². The molecule has 0 aromatic carbocycles. The molecule has 0 aromatic heterocycles. The molecule has 112 valence electrons. The van der Waals surface area contributed by atoms with Gasteiger partial charge in [0, 0.05) is 12.1 Å². The molecule has 0 bridgehead atoms. The fraction of sp³-hybridized carbons (Fsp3) is 1.00. The van der Waals surface area contributed by atoms with Crippen LogP contribution in [0.3, 0.4) is 0 Å². The highest BCUT2D eigenvalue weighted by Gasteiger charge is 2.32. The first-order valence-corrected chi connectivity index (χ1v) is 8.40. The fourth-order valence-electron chi connectivity index (χ4n) is 4.04. The molecule has 0 spiro atoms. The monoisotopic (exact) mass is 266 g/mol. The van der Waals surface area contributed by atoms with Crippen molar-refractivity contribution in [3.05, 3.63) is 0 Å². The van der Waals surface area contributed by atoms with Gasteiger partial charge in [0.2, 0.25) is 0 Å². The third-order valence-electron chi connectivity index (χ3n) is 5.43. The highest BCUT2D eigenvalue weighted by Crippen LogP contribution is 2.35. The summed E-state index contributed by atoms with van der Waals surface area (Å²) in [6, 6.07) is 0. The molecule has 1 aliphatic heterocycles. The smallest absolute Gasteiger partial charge is 0.0283 e. The van der Waals surface area contributed by atoms with Crippen molar-refractivity contribution in [1.29, 1.82) is 0 Å². The van der Waals surface area contributed by atoms with Crippen molar-refractivity contribution in [2.24, 2.45) is 17.1 Å². The Kier molecular flexibility index (Phi) is 4.94. The number of nitrogens with zero attached hydrogens (tertiary/aromatic N) is 1. The summed E-state index contributed by atoms with van der Waals surface area (Å²) in [5.74, 6) is 0.887. The number of likely N-dealkylation sites (tertiary alicyclic amines) is 1. The summed E-state index contributed by atoms with van der Waals surface area (Å²) in [6.07, 6.45) is 10.7. The maximum absolute atomic E-state index is 6.62. The van der Waals surface area contributed by atoms with Crippen molar-refractivity contribution in [3.63, 3.8) is 0 Å². The van der Waals surface area contributed by atoms with Crippen LogP contribution in [0.5, 0.6) is 0 Å². The van der Waals surface area contributed by atoms with E-state index >= 15 is 0 Å². The largest absolute Gasteiger partial charge is 0.324 e. The van der Waals surface area contributed by atoms with Gasteiger partial charge in [-0.1, -0.05) is 40.0 Å². The van der Waals surface area contributed by atoms with E-state index in [1.165, 1.54) is 64.5 Å². The molecule has 1 aliphatic carbocycles. The molecule has 2 heteroatoms. The van der Waals surface area contributed by atoms with E-state index in [0.29, 0.717) is 5.41 Å². The Hall–Kier alpha value is -0.0800. The SMILES string of the molecule is CC(C)(C)C1CCCN(CC2(N)CCCCC2)CC1. The van der Waals surface area contributed by atoms with E-state index in [0.717, 1.165) is 12.5 Å². The molecule has 19 heavy (non-hydrogen) atoms. The van der Waals surface area contributed by atoms with Crippen molar-refractivity contribution in [1.82, 2.24) is 4.90 Å². The van der Waals surface area contributed by atoms with Crippen LogP contribution in [-0.4, -0.2) is 30.1 Å². The van der Waals surface area contributed by atoms with Crippen LogP contribution in [0.2, 0.25) is 0 Å². The summed E-state index contributed by atoms with van der Waals surface area (Å²) in [6.45, 7) is 10.9. The normalized spacial score (nSPS) is 30.0. The van der Waals surface area contributed by atoms with Gasteiger partial charge in [-0.15, -0.1) is 0 Å². The molecular weight excluding hydrogens is 232 g/mol. The zero-order chi connectivity index (χ0) is 13.9. The first kappa shape index (κ1) is 15.3. The summed E-state index contributed by atoms with van der Waals surface area (Å²) in [5, 5.41) is 0. The number of nitrogens with two attached hydrogens (primary N) is 1. The van der Waals surface area contributed by atoms with Crippen LogP contribution < -0.4 is 5.73 Å². The number of hydrogen-bond donors (Lipinski definition) is 1. The van der Waals surface area contributed by atoms with Crippen molar-refractivity contribution < 1.29 is 0 Å². The maximum Gasteiger partial charge on any atom is 0.0283 e. The predicted molar refractivity (Wildman–Crippen MR) is 83.2 cm³/mol. The average molecular weight is 266 g/mol. The highest BCUT2D eigenvalue weighted by atomic mass is 15.1. The Morgan fingerprint density at radius 1 is 1.00 bits per heavy atom. The van der Waals surface area contributed by atoms with Crippen LogP contribution >= 0.6 is 0 Å².